The van der Waals surface area contributed by atoms with Gasteiger partial charge >= 0.3 is 0 Å². The summed E-state index contributed by atoms with van der Waals surface area (Å²) in [6, 6.07) is 13.7. The molecule has 124 valence electrons. The summed E-state index contributed by atoms with van der Waals surface area (Å²) in [7, 11) is 3.96. The van der Waals surface area contributed by atoms with Gasteiger partial charge < -0.3 is 14.2 Å². The van der Waals surface area contributed by atoms with Crippen LogP contribution in [0.15, 0.2) is 53.1 Å². The maximum absolute atomic E-state index is 13.9. The Kier molecular flexibility index (Phi) is 4.86. The molecule has 0 atom stereocenters. The summed E-state index contributed by atoms with van der Waals surface area (Å²) in [4.78, 5) is 6.34. The average molecular weight is 327 g/mol. The third-order valence-corrected chi connectivity index (χ3v) is 3.45. The first-order valence-corrected chi connectivity index (χ1v) is 7.60. The molecule has 1 heterocycles. The van der Waals surface area contributed by atoms with Crippen LogP contribution in [0.4, 0.5) is 4.39 Å². The van der Waals surface area contributed by atoms with Crippen molar-refractivity contribution in [1.82, 2.24) is 15.0 Å². The zero-order chi connectivity index (χ0) is 16.9. The van der Waals surface area contributed by atoms with Gasteiger partial charge in [0.05, 0.1) is 11.1 Å². The molecular weight excluding hydrogens is 309 g/mol. The highest BCUT2D eigenvalue weighted by atomic mass is 19.1. The standard InChI is InChI=1S/C18H18FN3O2/c1-22(2)11-12-23-16-10-6-4-8-14(16)17-20-18(24-21-17)13-7-3-5-9-15(13)19/h3-10H,11-12H2,1-2H3. The first kappa shape index (κ1) is 16.1. The van der Waals surface area contributed by atoms with Gasteiger partial charge in [0.25, 0.3) is 5.89 Å². The quantitative estimate of drug-likeness (QED) is 0.694. The predicted molar refractivity (Wildman–Crippen MR) is 89.2 cm³/mol. The monoisotopic (exact) mass is 327 g/mol. The van der Waals surface area contributed by atoms with E-state index in [1.807, 2.05) is 43.3 Å². The summed E-state index contributed by atoms with van der Waals surface area (Å²) in [6.45, 7) is 1.34. The Morgan fingerprint density at radius 2 is 1.75 bits per heavy atom. The van der Waals surface area contributed by atoms with Gasteiger partial charge in [0.2, 0.25) is 5.82 Å². The number of nitrogens with zero attached hydrogens (tertiary/aromatic N) is 3. The highest BCUT2D eigenvalue weighted by Gasteiger charge is 2.16. The molecule has 3 aromatic rings. The average Bonchev–Trinajstić information content (AvgIpc) is 3.05. The number of likely N-dealkylation sites (N-methyl/N-ethyl adjacent to an activating group) is 1. The van der Waals surface area contributed by atoms with E-state index in [2.05, 4.69) is 10.1 Å². The van der Waals surface area contributed by atoms with Crippen molar-refractivity contribution in [3.8, 4) is 28.6 Å². The number of benzene rings is 2. The second kappa shape index (κ2) is 7.23. The Balaban J connectivity index is 1.87. The van der Waals surface area contributed by atoms with Crippen molar-refractivity contribution in [3.63, 3.8) is 0 Å². The SMILES string of the molecule is CN(C)CCOc1ccccc1-c1noc(-c2ccccc2F)n1. The van der Waals surface area contributed by atoms with Gasteiger partial charge in [-0.3, -0.25) is 0 Å². The fourth-order valence-corrected chi connectivity index (χ4v) is 2.19. The van der Waals surface area contributed by atoms with Crippen molar-refractivity contribution in [2.45, 2.75) is 0 Å². The summed E-state index contributed by atoms with van der Waals surface area (Å²) in [5, 5.41) is 3.96. The summed E-state index contributed by atoms with van der Waals surface area (Å²) in [6.07, 6.45) is 0. The molecule has 24 heavy (non-hydrogen) atoms. The molecule has 0 aliphatic rings. The van der Waals surface area contributed by atoms with E-state index < -0.39 is 5.82 Å². The Labute approximate surface area is 139 Å². The summed E-state index contributed by atoms with van der Waals surface area (Å²) in [5.74, 6) is 0.781. The lowest BCUT2D eigenvalue weighted by molar-refractivity contribution is 0.262. The molecule has 0 aliphatic carbocycles. The molecule has 2 aromatic carbocycles. The molecular formula is C18H18FN3O2. The van der Waals surface area contributed by atoms with Gasteiger partial charge in [0.1, 0.15) is 18.2 Å². The number of para-hydroxylation sites is 1. The van der Waals surface area contributed by atoms with E-state index in [1.165, 1.54) is 6.07 Å². The second-order valence-corrected chi connectivity index (χ2v) is 5.55. The van der Waals surface area contributed by atoms with Gasteiger partial charge in [-0.05, 0) is 38.4 Å². The Hall–Kier alpha value is -2.73. The highest BCUT2D eigenvalue weighted by molar-refractivity contribution is 5.65. The largest absolute Gasteiger partial charge is 0.491 e. The Morgan fingerprint density at radius 1 is 1.04 bits per heavy atom. The molecule has 0 unspecified atom stereocenters. The van der Waals surface area contributed by atoms with Crippen molar-refractivity contribution in [2.75, 3.05) is 27.2 Å². The lowest BCUT2D eigenvalue weighted by atomic mass is 10.2. The number of rotatable bonds is 6. The number of aromatic nitrogens is 2. The number of ether oxygens (including phenoxy) is 1. The Morgan fingerprint density at radius 3 is 2.50 bits per heavy atom. The van der Waals surface area contributed by atoms with Gasteiger partial charge in [0.15, 0.2) is 0 Å². The lowest BCUT2D eigenvalue weighted by Gasteiger charge is -2.12. The molecule has 0 N–H and O–H groups in total. The van der Waals surface area contributed by atoms with E-state index in [-0.39, 0.29) is 11.5 Å². The van der Waals surface area contributed by atoms with Crippen LogP contribution in [0.25, 0.3) is 22.8 Å². The van der Waals surface area contributed by atoms with Crippen LogP contribution in [-0.4, -0.2) is 42.3 Å². The predicted octanol–water partition coefficient (Wildman–Crippen LogP) is 3.48. The van der Waals surface area contributed by atoms with Gasteiger partial charge in [-0.2, -0.15) is 4.98 Å². The zero-order valence-corrected chi connectivity index (χ0v) is 13.6. The molecule has 0 bridgehead atoms. The van der Waals surface area contributed by atoms with E-state index in [0.29, 0.717) is 23.7 Å². The summed E-state index contributed by atoms with van der Waals surface area (Å²) < 4.78 is 24.9. The van der Waals surface area contributed by atoms with Crippen LogP contribution in [-0.2, 0) is 0 Å². The molecule has 0 spiro atoms. The molecule has 0 amide bonds. The minimum absolute atomic E-state index is 0.145. The molecule has 1 aromatic heterocycles. The smallest absolute Gasteiger partial charge is 0.261 e. The molecule has 3 rings (SSSR count). The molecule has 0 saturated heterocycles. The van der Waals surface area contributed by atoms with Crippen LogP contribution in [0.1, 0.15) is 0 Å². The third-order valence-electron chi connectivity index (χ3n) is 3.45. The fourth-order valence-electron chi connectivity index (χ4n) is 2.19. The lowest BCUT2D eigenvalue weighted by Crippen LogP contribution is -2.19. The number of hydrogen-bond acceptors (Lipinski definition) is 5. The van der Waals surface area contributed by atoms with Crippen molar-refractivity contribution in [3.05, 3.63) is 54.3 Å². The number of halogens is 1. The van der Waals surface area contributed by atoms with Gasteiger partial charge in [-0.25, -0.2) is 4.39 Å². The molecule has 0 aliphatic heterocycles. The van der Waals surface area contributed by atoms with Crippen molar-refractivity contribution in [2.24, 2.45) is 0 Å². The van der Waals surface area contributed by atoms with E-state index in [9.17, 15) is 4.39 Å². The van der Waals surface area contributed by atoms with Gasteiger partial charge in [-0.1, -0.05) is 29.4 Å². The van der Waals surface area contributed by atoms with E-state index in [1.54, 1.807) is 18.2 Å². The minimum atomic E-state index is -0.400. The van der Waals surface area contributed by atoms with Crippen LogP contribution in [0.2, 0.25) is 0 Å². The maximum atomic E-state index is 13.9. The first-order chi connectivity index (χ1) is 11.6. The van der Waals surface area contributed by atoms with Crippen LogP contribution >= 0.6 is 0 Å². The normalized spacial score (nSPS) is 11.0. The zero-order valence-electron chi connectivity index (χ0n) is 13.6. The topological polar surface area (TPSA) is 51.4 Å². The van der Waals surface area contributed by atoms with Crippen LogP contribution in [0.5, 0.6) is 5.75 Å². The van der Waals surface area contributed by atoms with Crippen LogP contribution in [0.3, 0.4) is 0 Å². The molecule has 0 saturated carbocycles. The van der Waals surface area contributed by atoms with Gasteiger partial charge in [-0.15, -0.1) is 0 Å². The van der Waals surface area contributed by atoms with Crippen molar-refractivity contribution < 1.29 is 13.7 Å². The van der Waals surface area contributed by atoms with Crippen LogP contribution < -0.4 is 4.74 Å². The second-order valence-electron chi connectivity index (χ2n) is 5.55. The van der Waals surface area contributed by atoms with Crippen molar-refractivity contribution >= 4 is 0 Å². The number of hydrogen-bond donors (Lipinski definition) is 0. The molecule has 5 nitrogen and oxygen atoms in total. The maximum Gasteiger partial charge on any atom is 0.261 e. The molecule has 0 fully saturated rings. The first-order valence-electron chi connectivity index (χ1n) is 7.60. The van der Waals surface area contributed by atoms with Gasteiger partial charge in [0, 0.05) is 6.54 Å². The molecule has 0 radical (unpaired) electrons. The van der Waals surface area contributed by atoms with E-state index in [0.717, 1.165) is 6.54 Å². The molecule has 6 heteroatoms. The van der Waals surface area contributed by atoms with Crippen LogP contribution in [0, 0.1) is 5.82 Å². The van der Waals surface area contributed by atoms with E-state index >= 15 is 0 Å². The fraction of sp³-hybridized carbons (Fsp3) is 0.222. The summed E-state index contributed by atoms with van der Waals surface area (Å²) >= 11 is 0. The Bertz CT molecular complexity index is 817. The highest BCUT2D eigenvalue weighted by Crippen LogP contribution is 2.30. The third kappa shape index (κ3) is 3.60. The van der Waals surface area contributed by atoms with Crippen molar-refractivity contribution in [1.29, 1.82) is 0 Å². The minimum Gasteiger partial charge on any atom is -0.491 e. The van der Waals surface area contributed by atoms with E-state index in [4.69, 9.17) is 9.26 Å². The summed E-state index contributed by atoms with van der Waals surface area (Å²) in [5.41, 5.74) is 0.991.